The molecule has 138 valence electrons. The molecule has 0 aliphatic heterocycles. The number of rotatable bonds is 6. The molecule has 0 saturated carbocycles. The highest BCUT2D eigenvalue weighted by molar-refractivity contribution is 6.42. The largest absolute Gasteiger partial charge is 0.456 e. The Kier molecular flexibility index (Phi) is 5.78. The monoisotopic (exact) mass is 403 g/mol. The minimum Gasteiger partial charge on any atom is -0.456 e. The predicted molar refractivity (Wildman–Crippen MR) is 104 cm³/mol. The third-order valence-corrected chi connectivity index (χ3v) is 4.45. The number of ketones is 1. The molecule has 8 heteroatoms. The number of hydrogen-bond donors (Lipinski definition) is 1. The van der Waals surface area contributed by atoms with E-state index < -0.39 is 0 Å². The van der Waals surface area contributed by atoms with Gasteiger partial charge < -0.3 is 9.73 Å². The Morgan fingerprint density at radius 2 is 2.04 bits per heavy atom. The van der Waals surface area contributed by atoms with Crippen molar-refractivity contribution in [2.75, 3.05) is 5.32 Å². The van der Waals surface area contributed by atoms with Crippen molar-refractivity contribution in [2.24, 2.45) is 0 Å². The van der Waals surface area contributed by atoms with Crippen LogP contribution in [0.15, 0.2) is 53.1 Å². The Bertz CT molecular complexity index is 1020. The summed E-state index contributed by atoms with van der Waals surface area (Å²) in [6.07, 6.45) is 4.62. The second-order valence-corrected chi connectivity index (χ2v) is 6.47. The van der Waals surface area contributed by atoms with Crippen LogP contribution >= 0.6 is 23.2 Å². The molecule has 0 aliphatic carbocycles. The SMILES string of the molecule is CC(=O)c1ccc(Cn2ccc(NC(=O)C=Cc3cccc(Cl)c3Cl)n2)o1. The maximum absolute atomic E-state index is 12.0. The lowest BCUT2D eigenvalue weighted by Gasteiger charge is -2.01. The molecule has 0 unspecified atom stereocenters. The van der Waals surface area contributed by atoms with Crippen LogP contribution in [0.2, 0.25) is 10.0 Å². The number of carbonyl (C=O) groups excluding carboxylic acids is 2. The summed E-state index contributed by atoms with van der Waals surface area (Å²) in [6.45, 7) is 1.78. The second kappa shape index (κ2) is 8.24. The molecule has 0 fully saturated rings. The maximum Gasteiger partial charge on any atom is 0.249 e. The molecule has 3 rings (SSSR count). The number of aromatic nitrogens is 2. The number of nitrogens with one attached hydrogen (secondary N) is 1. The van der Waals surface area contributed by atoms with Gasteiger partial charge in [0.2, 0.25) is 5.91 Å². The predicted octanol–water partition coefficient (Wildman–Crippen LogP) is 4.69. The van der Waals surface area contributed by atoms with E-state index in [-0.39, 0.29) is 11.7 Å². The van der Waals surface area contributed by atoms with Gasteiger partial charge >= 0.3 is 0 Å². The van der Waals surface area contributed by atoms with E-state index in [0.717, 1.165) is 0 Å². The summed E-state index contributed by atoms with van der Waals surface area (Å²) in [5, 5.41) is 7.71. The zero-order valence-electron chi connectivity index (χ0n) is 14.3. The van der Waals surface area contributed by atoms with Gasteiger partial charge in [0, 0.05) is 25.3 Å². The maximum atomic E-state index is 12.0. The fourth-order valence-corrected chi connectivity index (χ4v) is 2.68. The average Bonchev–Trinajstić information content (AvgIpc) is 3.26. The minimum absolute atomic E-state index is 0.138. The number of anilines is 1. The Hall–Kier alpha value is -2.83. The van der Waals surface area contributed by atoms with E-state index >= 15 is 0 Å². The van der Waals surface area contributed by atoms with E-state index in [1.165, 1.54) is 13.0 Å². The highest BCUT2D eigenvalue weighted by Gasteiger charge is 2.08. The van der Waals surface area contributed by atoms with Crippen LogP contribution < -0.4 is 5.32 Å². The van der Waals surface area contributed by atoms with Gasteiger partial charge in [-0.25, -0.2) is 0 Å². The van der Waals surface area contributed by atoms with Crippen molar-refractivity contribution in [3.8, 4) is 0 Å². The van der Waals surface area contributed by atoms with Crippen LogP contribution in [0.5, 0.6) is 0 Å². The topological polar surface area (TPSA) is 77.1 Å². The Morgan fingerprint density at radius 1 is 1.22 bits per heavy atom. The number of hydrogen-bond acceptors (Lipinski definition) is 4. The van der Waals surface area contributed by atoms with Crippen molar-refractivity contribution in [1.82, 2.24) is 9.78 Å². The van der Waals surface area contributed by atoms with Gasteiger partial charge in [0.25, 0.3) is 0 Å². The van der Waals surface area contributed by atoms with Crippen LogP contribution in [-0.4, -0.2) is 21.5 Å². The first-order valence-corrected chi connectivity index (χ1v) is 8.74. The third kappa shape index (κ3) is 4.87. The molecule has 0 bridgehead atoms. The summed E-state index contributed by atoms with van der Waals surface area (Å²) >= 11 is 12.0. The lowest BCUT2D eigenvalue weighted by atomic mass is 10.2. The normalized spacial score (nSPS) is 11.1. The van der Waals surface area contributed by atoms with Gasteiger partial charge in [-0.3, -0.25) is 14.3 Å². The summed E-state index contributed by atoms with van der Waals surface area (Å²) in [7, 11) is 0. The molecule has 0 saturated heterocycles. The smallest absolute Gasteiger partial charge is 0.249 e. The Morgan fingerprint density at radius 3 is 2.78 bits per heavy atom. The van der Waals surface area contributed by atoms with Gasteiger partial charge in [0.1, 0.15) is 5.76 Å². The molecule has 2 aromatic heterocycles. The first-order valence-electron chi connectivity index (χ1n) is 7.98. The van der Waals surface area contributed by atoms with Gasteiger partial charge in [-0.05, 0) is 29.8 Å². The average molecular weight is 404 g/mol. The summed E-state index contributed by atoms with van der Waals surface area (Å²) in [6, 6.07) is 10.2. The second-order valence-electron chi connectivity index (χ2n) is 5.69. The molecule has 1 aromatic carbocycles. The Labute approximate surface area is 165 Å². The van der Waals surface area contributed by atoms with Crippen LogP contribution in [-0.2, 0) is 11.3 Å². The standard InChI is InChI=1S/C19H15Cl2N3O3/c1-12(25)16-7-6-14(27-16)11-24-10-9-17(23-24)22-18(26)8-5-13-3-2-4-15(20)19(13)21/h2-10H,11H2,1H3,(H,22,23,26). The van der Waals surface area contributed by atoms with Crippen LogP contribution in [0, 0.1) is 0 Å². The molecule has 6 nitrogen and oxygen atoms in total. The molecule has 0 radical (unpaired) electrons. The fraction of sp³-hybridized carbons (Fsp3) is 0.105. The molecule has 27 heavy (non-hydrogen) atoms. The Balaban J connectivity index is 1.61. The highest BCUT2D eigenvalue weighted by atomic mass is 35.5. The van der Waals surface area contributed by atoms with E-state index in [4.69, 9.17) is 27.6 Å². The summed E-state index contributed by atoms with van der Waals surface area (Å²) in [5.41, 5.74) is 0.643. The number of carbonyl (C=O) groups is 2. The number of amides is 1. The lowest BCUT2D eigenvalue weighted by molar-refractivity contribution is -0.111. The molecule has 3 aromatic rings. The van der Waals surface area contributed by atoms with E-state index in [9.17, 15) is 9.59 Å². The number of furan rings is 1. The zero-order chi connectivity index (χ0) is 19.4. The highest BCUT2D eigenvalue weighted by Crippen LogP contribution is 2.26. The third-order valence-electron chi connectivity index (χ3n) is 3.61. The first kappa shape index (κ1) is 18.9. The lowest BCUT2D eigenvalue weighted by Crippen LogP contribution is -2.09. The van der Waals surface area contributed by atoms with Crippen molar-refractivity contribution >= 4 is 46.8 Å². The van der Waals surface area contributed by atoms with E-state index in [2.05, 4.69) is 10.4 Å². The minimum atomic E-state index is -0.354. The number of Topliss-reactive ketones (excluding diaryl/α,β-unsaturated/α-hetero) is 1. The fourth-order valence-electron chi connectivity index (χ4n) is 2.31. The van der Waals surface area contributed by atoms with Gasteiger partial charge in [-0.1, -0.05) is 35.3 Å². The van der Waals surface area contributed by atoms with Crippen molar-refractivity contribution in [3.05, 3.63) is 75.8 Å². The van der Waals surface area contributed by atoms with Gasteiger partial charge in [-0.2, -0.15) is 5.10 Å². The van der Waals surface area contributed by atoms with E-state index in [1.54, 1.807) is 53.4 Å². The number of nitrogens with zero attached hydrogens (tertiary/aromatic N) is 2. The van der Waals surface area contributed by atoms with Crippen molar-refractivity contribution in [3.63, 3.8) is 0 Å². The molecular formula is C19H15Cl2N3O3. The molecule has 0 atom stereocenters. The molecule has 0 spiro atoms. The van der Waals surface area contributed by atoms with Crippen LogP contribution in [0.1, 0.15) is 28.8 Å². The van der Waals surface area contributed by atoms with Crippen LogP contribution in [0.25, 0.3) is 6.08 Å². The molecule has 1 N–H and O–H groups in total. The van der Waals surface area contributed by atoms with Crippen molar-refractivity contribution in [2.45, 2.75) is 13.5 Å². The van der Waals surface area contributed by atoms with Crippen LogP contribution in [0.3, 0.4) is 0 Å². The van der Waals surface area contributed by atoms with E-state index in [1.807, 2.05) is 0 Å². The zero-order valence-corrected chi connectivity index (χ0v) is 15.8. The first-order chi connectivity index (χ1) is 12.9. The molecule has 2 heterocycles. The van der Waals surface area contributed by atoms with Gasteiger partial charge in [0.15, 0.2) is 17.4 Å². The van der Waals surface area contributed by atoms with Gasteiger partial charge in [-0.15, -0.1) is 0 Å². The van der Waals surface area contributed by atoms with Crippen LogP contribution in [0.4, 0.5) is 5.82 Å². The van der Waals surface area contributed by atoms with E-state index in [0.29, 0.717) is 39.5 Å². The quantitative estimate of drug-likeness (QED) is 0.478. The number of halogens is 2. The van der Waals surface area contributed by atoms with Crippen molar-refractivity contribution < 1.29 is 14.0 Å². The van der Waals surface area contributed by atoms with Gasteiger partial charge in [0.05, 0.1) is 16.6 Å². The number of benzene rings is 1. The molecule has 1 amide bonds. The molecular weight excluding hydrogens is 389 g/mol. The molecule has 0 aliphatic rings. The summed E-state index contributed by atoms with van der Waals surface area (Å²) in [4.78, 5) is 23.3. The van der Waals surface area contributed by atoms with Crippen molar-refractivity contribution in [1.29, 1.82) is 0 Å². The summed E-state index contributed by atoms with van der Waals surface area (Å²) < 4.78 is 7.01. The summed E-state index contributed by atoms with van der Waals surface area (Å²) in [5.74, 6) is 0.793.